The van der Waals surface area contributed by atoms with Gasteiger partial charge < -0.3 is 11.1 Å². The molecule has 2 aromatic rings. The van der Waals surface area contributed by atoms with Crippen LogP contribution in [-0.2, 0) is 13.6 Å². The number of carbonyl (C=O) groups excluding carboxylic acids is 1. The number of anilines is 1. The van der Waals surface area contributed by atoms with Crippen LogP contribution in [0.15, 0.2) is 24.3 Å². The fourth-order valence-electron chi connectivity index (χ4n) is 1.86. The fourth-order valence-corrected chi connectivity index (χ4v) is 1.86. The normalized spacial score (nSPS) is 10.5. The average molecular weight is 262 g/mol. The van der Waals surface area contributed by atoms with Gasteiger partial charge in [-0.1, -0.05) is 12.1 Å². The Bertz CT molecular complexity index is 621. The molecule has 0 unspecified atom stereocenters. The molecular formula is C13H15FN4O. The lowest BCUT2D eigenvalue weighted by atomic mass is 10.2. The van der Waals surface area contributed by atoms with E-state index in [1.807, 2.05) is 0 Å². The molecule has 19 heavy (non-hydrogen) atoms. The number of aryl methyl sites for hydroxylation is 2. The number of carbonyl (C=O) groups is 1. The molecule has 0 aliphatic carbocycles. The summed E-state index contributed by atoms with van der Waals surface area (Å²) in [7, 11) is 1.65. The Kier molecular flexibility index (Phi) is 3.50. The third kappa shape index (κ3) is 2.73. The molecular weight excluding hydrogens is 247 g/mol. The van der Waals surface area contributed by atoms with Crippen LogP contribution in [0.25, 0.3) is 0 Å². The highest BCUT2D eigenvalue weighted by Crippen LogP contribution is 2.15. The van der Waals surface area contributed by atoms with Crippen molar-refractivity contribution in [2.45, 2.75) is 13.5 Å². The second-order valence-electron chi connectivity index (χ2n) is 4.28. The first-order chi connectivity index (χ1) is 8.99. The van der Waals surface area contributed by atoms with Gasteiger partial charge in [-0.05, 0) is 24.6 Å². The van der Waals surface area contributed by atoms with Gasteiger partial charge >= 0.3 is 0 Å². The number of nitrogens with one attached hydrogen (secondary N) is 1. The van der Waals surface area contributed by atoms with Gasteiger partial charge in [0, 0.05) is 13.6 Å². The van der Waals surface area contributed by atoms with E-state index in [-0.39, 0.29) is 18.3 Å². The molecule has 1 aromatic heterocycles. The van der Waals surface area contributed by atoms with Crippen LogP contribution < -0.4 is 11.1 Å². The van der Waals surface area contributed by atoms with E-state index in [1.165, 1.54) is 16.8 Å². The largest absolute Gasteiger partial charge is 0.395 e. The standard InChI is InChI=1S/C13H15FN4O/c1-8-11(15)12(18(2)17-8)13(19)16-7-9-4-3-5-10(14)6-9/h3-6H,7,15H2,1-2H3,(H,16,19). The van der Waals surface area contributed by atoms with Crippen molar-refractivity contribution < 1.29 is 9.18 Å². The molecule has 100 valence electrons. The summed E-state index contributed by atoms with van der Waals surface area (Å²) in [5, 5.41) is 6.76. The zero-order valence-electron chi connectivity index (χ0n) is 10.8. The fraction of sp³-hybridized carbons (Fsp3) is 0.231. The Morgan fingerprint density at radius 1 is 1.53 bits per heavy atom. The molecule has 6 heteroatoms. The molecule has 2 rings (SSSR count). The van der Waals surface area contributed by atoms with Crippen LogP contribution in [-0.4, -0.2) is 15.7 Å². The molecule has 0 radical (unpaired) electrons. The first-order valence-corrected chi connectivity index (χ1v) is 5.80. The molecule has 5 nitrogen and oxygen atoms in total. The van der Waals surface area contributed by atoms with E-state index in [0.717, 1.165) is 0 Å². The molecule has 0 aliphatic rings. The van der Waals surface area contributed by atoms with Crippen molar-refractivity contribution in [3.05, 3.63) is 47.0 Å². The van der Waals surface area contributed by atoms with Gasteiger partial charge in [-0.2, -0.15) is 5.10 Å². The maximum absolute atomic E-state index is 13.0. The van der Waals surface area contributed by atoms with Crippen LogP contribution >= 0.6 is 0 Å². The third-order valence-corrected chi connectivity index (χ3v) is 2.83. The van der Waals surface area contributed by atoms with Crippen molar-refractivity contribution in [3.63, 3.8) is 0 Å². The van der Waals surface area contributed by atoms with E-state index in [4.69, 9.17) is 5.73 Å². The number of rotatable bonds is 3. The van der Waals surface area contributed by atoms with Gasteiger partial charge in [-0.25, -0.2) is 4.39 Å². The second kappa shape index (κ2) is 5.09. The lowest BCUT2D eigenvalue weighted by Crippen LogP contribution is -2.26. The molecule has 1 amide bonds. The van der Waals surface area contributed by atoms with E-state index in [1.54, 1.807) is 26.1 Å². The highest BCUT2D eigenvalue weighted by atomic mass is 19.1. The monoisotopic (exact) mass is 262 g/mol. The van der Waals surface area contributed by atoms with E-state index in [2.05, 4.69) is 10.4 Å². The van der Waals surface area contributed by atoms with Crippen LogP contribution in [0.4, 0.5) is 10.1 Å². The highest BCUT2D eigenvalue weighted by Gasteiger charge is 2.17. The van der Waals surface area contributed by atoms with E-state index >= 15 is 0 Å². The maximum atomic E-state index is 13.0. The molecule has 0 fully saturated rings. The summed E-state index contributed by atoms with van der Waals surface area (Å²) in [4.78, 5) is 12.0. The second-order valence-corrected chi connectivity index (χ2v) is 4.28. The van der Waals surface area contributed by atoms with Crippen LogP contribution in [0.2, 0.25) is 0 Å². The van der Waals surface area contributed by atoms with Gasteiger partial charge in [0.15, 0.2) is 0 Å². The SMILES string of the molecule is Cc1nn(C)c(C(=O)NCc2cccc(F)c2)c1N. The van der Waals surface area contributed by atoms with Crippen molar-refractivity contribution in [2.75, 3.05) is 5.73 Å². The summed E-state index contributed by atoms with van der Waals surface area (Å²) >= 11 is 0. The number of nitrogens with zero attached hydrogens (tertiary/aromatic N) is 2. The number of hydrogen-bond donors (Lipinski definition) is 2. The molecule has 0 saturated carbocycles. The summed E-state index contributed by atoms with van der Waals surface area (Å²) in [6.07, 6.45) is 0. The average Bonchev–Trinajstić information content (AvgIpc) is 2.61. The Labute approximate surface area is 110 Å². The smallest absolute Gasteiger partial charge is 0.271 e. The maximum Gasteiger partial charge on any atom is 0.271 e. The Hall–Kier alpha value is -2.37. The van der Waals surface area contributed by atoms with Crippen molar-refractivity contribution in [3.8, 4) is 0 Å². The number of amides is 1. The Morgan fingerprint density at radius 3 is 2.84 bits per heavy atom. The van der Waals surface area contributed by atoms with Gasteiger partial charge in [0.1, 0.15) is 11.5 Å². The van der Waals surface area contributed by atoms with E-state index < -0.39 is 0 Å². The summed E-state index contributed by atoms with van der Waals surface area (Å²) < 4.78 is 14.4. The van der Waals surface area contributed by atoms with Crippen LogP contribution in [0, 0.1) is 12.7 Å². The number of nitrogens with two attached hydrogens (primary N) is 1. The lowest BCUT2D eigenvalue weighted by molar-refractivity contribution is 0.0942. The van der Waals surface area contributed by atoms with E-state index in [0.29, 0.717) is 22.6 Å². The minimum absolute atomic E-state index is 0.236. The van der Waals surface area contributed by atoms with Gasteiger partial charge in [-0.15, -0.1) is 0 Å². The zero-order valence-corrected chi connectivity index (χ0v) is 10.8. The molecule has 0 saturated heterocycles. The molecule has 0 spiro atoms. The first kappa shape index (κ1) is 13.1. The van der Waals surface area contributed by atoms with Crippen molar-refractivity contribution in [2.24, 2.45) is 7.05 Å². The summed E-state index contributed by atoms with van der Waals surface area (Å²) in [5.41, 5.74) is 7.76. The van der Waals surface area contributed by atoms with Crippen molar-refractivity contribution in [1.82, 2.24) is 15.1 Å². The van der Waals surface area contributed by atoms with Crippen molar-refractivity contribution in [1.29, 1.82) is 0 Å². The summed E-state index contributed by atoms with van der Waals surface area (Å²) in [6.45, 7) is 1.97. The van der Waals surface area contributed by atoms with Crippen LogP contribution in [0.3, 0.4) is 0 Å². The molecule has 0 aliphatic heterocycles. The van der Waals surface area contributed by atoms with Crippen molar-refractivity contribution >= 4 is 11.6 Å². The highest BCUT2D eigenvalue weighted by molar-refractivity contribution is 5.97. The lowest BCUT2D eigenvalue weighted by Gasteiger charge is -2.06. The Morgan fingerprint density at radius 2 is 2.26 bits per heavy atom. The minimum Gasteiger partial charge on any atom is -0.395 e. The molecule has 1 heterocycles. The number of aromatic nitrogens is 2. The van der Waals surface area contributed by atoms with Gasteiger partial charge in [0.25, 0.3) is 5.91 Å². The number of benzene rings is 1. The molecule has 0 atom stereocenters. The van der Waals surface area contributed by atoms with Crippen LogP contribution in [0.1, 0.15) is 21.7 Å². The number of hydrogen-bond acceptors (Lipinski definition) is 3. The number of nitrogen functional groups attached to an aromatic ring is 1. The third-order valence-electron chi connectivity index (χ3n) is 2.83. The topological polar surface area (TPSA) is 72.9 Å². The minimum atomic E-state index is -0.331. The summed E-state index contributed by atoms with van der Waals surface area (Å²) in [6, 6.07) is 6.06. The van der Waals surface area contributed by atoms with Crippen LogP contribution in [0.5, 0.6) is 0 Å². The molecule has 0 bridgehead atoms. The Balaban J connectivity index is 2.10. The predicted molar refractivity (Wildman–Crippen MR) is 69.9 cm³/mol. The van der Waals surface area contributed by atoms with Gasteiger partial charge in [0.05, 0.1) is 11.4 Å². The molecule has 3 N–H and O–H groups in total. The zero-order chi connectivity index (χ0) is 14.0. The van der Waals surface area contributed by atoms with Gasteiger partial charge in [-0.3, -0.25) is 9.48 Å². The van der Waals surface area contributed by atoms with Gasteiger partial charge in [0.2, 0.25) is 0 Å². The predicted octanol–water partition coefficient (Wildman–Crippen LogP) is 1.38. The first-order valence-electron chi connectivity index (χ1n) is 5.80. The quantitative estimate of drug-likeness (QED) is 0.877. The molecule has 1 aromatic carbocycles. The number of halogens is 1. The van der Waals surface area contributed by atoms with E-state index in [9.17, 15) is 9.18 Å². The summed E-state index contributed by atoms with van der Waals surface area (Å²) in [5.74, 6) is -0.660.